The van der Waals surface area contributed by atoms with Crippen molar-refractivity contribution in [2.75, 3.05) is 31.1 Å². The minimum atomic E-state index is 1.06. The number of aryl methyl sites for hydroxylation is 1. The van der Waals surface area contributed by atoms with E-state index in [1.807, 2.05) is 0 Å². The normalized spacial score (nSPS) is 17.8. The molecular formula is C8H13IN4. The number of nitrogens with zero attached hydrogens (tertiary/aromatic N) is 2. The molecule has 13 heavy (non-hydrogen) atoms. The topological polar surface area (TPSA) is 44.0 Å². The summed E-state index contributed by atoms with van der Waals surface area (Å²) in [5.74, 6) is 1.11. The third-order valence-corrected chi connectivity index (χ3v) is 3.56. The molecule has 0 aromatic carbocycles. The number of H-pyrrole nitrogens is 1. The summed E-state index contributed by atoms with van der Waals surface area (Å²) in [6, 6.07) is 0. The van der Waals surface area contributed by atoms with E-state index in [2.05, 4.69) is 49.9 Å². The van der Waals surface area contributed by atoms with Gasteiger partial charge in [-0.25, -0.2) is 0 Å². The number of hydrogen-bond donors (Lipinski definition) is 2. The molecule has 2 N–H and O–H groups in total. The summed E-state index contributed by atoms with van der Waals surface area (Å²) in [4.78, 5) is 2.32. The molecule has 0 aliphatic carbocycles. The van der Waals surface area contributed by atoms with Crippen molar-refractivity contribution >= 4 is 28.4 Å². The van der Waals surface area contributed by atoms with E-state index < -0.39 is 0 Å². The van der Waals surface area contributed by atoms with Gasteiger partial charge in [-0.2, -0.15) is 5.10 Å². The SMILES string of the molecule is Cc1[nH]nc(N2CCNCC2)c1I. The van der Waals surface area contributed by atoms with E-state index >= 15 is 0 Å². The third-order valence-electron chi connectivity index (χ3n) is 2.27. The van der Waals surface area contributed by atoms with Crippen LogP contribution >= 0.6 is 22.6 Å². The highest BCUT2D eigenvalue weighted by atomic mass is 127. The second-order valence-electron chi connectivity index (χ2n) is 3.22. The van der Waals surface area contributed by atoms with Gasteiger partial charge in [0.1, 0.15) is 0 Å². The molecule has 1 fully saturated rings. The number of nitrogens with one attached hydrogen (secondary N) is 2. The molecule has 0 spiro atoms. The van der Waals surface area contributed by atoms with Crippen LogP contribution in [0.25, 0.3) is 0 Å². The molecule has 1 aromatic rings. The average Bonchev–Trinajstić information content (AvgIpc) is 2.49. The second kappa shape index (κ2) is 3.83. The van der Waals surface area contributed by atoms with Gasteiger partial charge < -0.3 is 10.2 Å². The van der Waals surface area contributed by atoms with Crippen molar-refractivity contribution in [3.8, 4) is 0 Å². The van der Waals surface area contributed by atoms with Crippen molar-refractivity contribution in [2.45, 2.75) is 6.92 Å². The maximum Gasteiger partial charge on any atom is 0.164 e. The Bertz CT molecular complexity index is 290. The maximum absolute atomic E-state index is 4.30. The maximum atomic E-state index is 4.30. The number of rotatable bonds is 1. The van der Waals surface area contributed by atoms with Gasteiger partial charge in [-0.1, -0.05) is 0 Å². The summed E-state index contributed by atoms with van der Waals surface area (Å²) in [6.07, 6.45) is 0. The Morgan fingerprint density at radius 1 is 1.38 bits per heavy atom. The molecular weight excluding hydrogens is 279 g/mol. The summed E-state index contributed by atoms with van der Waals surface area (Å²) in [5.41, 5.74) is 1.16. The fraction of sp³-hybridized carbons (Fsp3) is 0.625. The van der Waals surface area contributed by atoms with Crippen LogP contribution in [0.4, 0.5) is 5.82 Å². The fourth-order valence-electron chi connectivity index (χ4n) is 1.49. The van der Waals surface area contributed by atoms with Crippen molar-refractivity contribution in [3.05, 3.63) is 9.26 Å². The first-order valence-electron chi connectivity index (χ1n) is 4.45. The van der Waals surface area contributed by atoms with Gasteiger partial charge in [-0.3, -0.25) is 5.10 Å². The van der Waals surface area contributed by atoms with Gasteiger partial charge in [0.25, 0.3) is 0 Å². The zero-order valence-electron chi connectivity index (χ0n) is 7.60. The lowest BCUT2D eigenvalue weighted by atomic mass is 10.3. The number of aromatic nitrogens is 2. The summed E-state index contributed by atoms with van der Waals surface area (Å²) < 4.78 is 1.25. The molecule has 5 heteroatoms. The fourth-order valence-corrected chi connectivity index (χ4v) is 2.07. The minimum Gasteiger partial charge on any atom is -0.352 e. The Hall–Kier alpha value is -0.300. The van der Waals surface area contributed by atoms with E-state index in [-0.39, 0.29) is 0 Å². The van der Waals surface area contributed by atoms with E-state index in [1.165, 1.54) is 3.57 Å². The van der Waals surface area contributed by atoms with Crippen LogP contribution in [0.2, 0.25) is 0 Å². The number of piperazine rings is 1. The first-order valence-corrected chi connectivity index (χ1v) is 5.53. The zero-order chi connectivity index (χ0) is 9.26. The molecule has 1 aromatic heterocycles. The minimum absolute atomic E-state index is 1.06. The van der Waals surface area contributed by atoms with Crippen LogP contribution in [-0.2, 0) is 0 Å². The van der Waals surface area contributed by atoms with Crippen molar-refractivity contribution in [3.63, 3.8) is 0 Å². The average molecular weight is 292 g/mol. The lowest BCUT2D eigenvalue weighted by Crippen LogP contribution is -2.44. The van der Waals surface area contributed by atoms with E-state index in [0.29, 0.717) is 0 Å². The summed E-state index contributed by atoms with van der Waals surface area (Å²) in [7, 11) is 0. The van der Waals surface area contributed by atoms with Gasteiger partial charge in [-0.15, -0.1) is 0 Å². The van der Waals surface area contributed by atoms with Gasteiger partial charge in [0, 0.05) is 31.9 Å². The van der Waals surface area contributed by atoms with Gasteiger partial charge in [0.2, 0.25) is 0 Å². The van der Waals surface area contributed by atoms with Crippen LogP contribution in [0, 0.1) is 10.5 Å². The molecule has 1 aliphatic rings. The lowest BCUT2D eigenvalue weighted by molar-refractivity contribution is 0.584. The molecule has 0 bridgehead atoms. The molecule has 2 rings (SSSR count). The Morgan fingerprint density at radius 3 is 2.62 bits per heavy atom. The smallest absolute Gasteiger partial charge is 0.164 e. The standard InChI is InChI=1S/C8H13IN4/c1-6-7(9)8(12-11-6)13-4-2-10-3-5-13/h10H,2-5H2,1H3,(H,11,12). The van der Waals surface area contributed by atoms with Crippen LogP contribution in [0.1, 0.15) is 5.69 Å². The first kappa shape index (κ1) is 9.26. The summed E-state index contributed by atoms with van der Waals surface area (Å²) in [5, 5.41) is 10.6. The number of halogens is 1. The van der Waals surface area contributed by atoms with E-state index in [9.17, 15) is 0 Å². The monoisotopic (exact) mass is 292 g/mol. The highest BCUT2D eigenvalue weighted by molar-refractivity contribution is 14.1. The molecule has 0 unspecified atom stereocenters. The van der Waals surface area contributed by atoms with Gasteiger partial charge >= 0.3 is 0 Å². The number of anilines is 1. The van der Waals surface area contributed by atoms with Gasteiger partial charge in [0.15, 0.2) is 5.82 Å². The Morgan fingerprint density at radius 2 is 2.08 bits per heavy atom. The van der Waals surface area contributed by atoms with Crippen molar-refractivity contribution in [1.82, 2.24) is 15.5 Å². The van der Waals surface area contributed by atoms with E-state index in [4.69, 9.17) is 0 Å². The van der Waals surface area contributed by atoms with Gasteiger partial charge in [0.05, 0.1) is 3.57 Å². The molecule has 72 valence electrons. The molecule has 1 aliphatic heterocycles. The molecule has 0 saturated carbocycles. The molecule has 0 radical (unpaired) electrons. The molecule has 0 atom stereocenters. The van der Waals surface area contributed by atoms with Crippen LogP contribution in [0.3, 0.4) is 0 Å². The zero-order valence-corrected chi connectivity index (χ0v) is 9.76. The van der Waals surface area contributed by atoms with Crippen LogP contribution in [0.5, 0.6) is 0 Å². The number of hydrogen-bond acceptors (Lipinski definition) is 3. The van der Waals surface area contributed by atoms with Crippen LogP contribution in [0.15, 0.2) is 0 Å². The number of aromatic amines is 1. The largest absolute Gasteiger partial charge is 0.352 e. The van der Waals surface area contributed by atoms with Crippen LogP contribution in [-0.4, -0.2) is 36.4 Å². The van der Waals surface area contributed by atoms with Crippen LogP contribution < -0.4 is 10.2 Å². The predicted molar refractivity (Wildman–Crippen MR) is 61.1 cm³/mol. The van der Waals surface area contributed by atoms with Gasteiger partial charge in [-0.05, 0) is 29.5 Å². The van der Waals surface area contributed by atoms with Crippen molar-refractivity contribution < 1.29 is 0 Å². The summed E-state index contributed by atoms with van der Waals surface area (Å²) >= 11 is 2.35. The second-order valence-corrected chi connectivity index (χ2v) is 4.30. The first-order chi connectivity index (χ1) is 6.29. The molecule has 1 saturated heterocycles. The van der Waals surface area contributed by atoms with Crippen molar-refractivity contribution in [2.24, 2.45) is 0 Å². The Kier molecular flexibility index (Phi) is 2.73. The van der Waals surface area contributed by atoms with E-state index in [1.54, 1.807) is 0 Å². The lowest BCUT2D eigenvalue weighted by Gasteiger charge is -2.27. The Labute approximate surface area is 91.2 Å². The summed E-state index contributed by atoms with van der Waals surface area (Å²) in [6.45, 7) is 6.28. The molecule has 2 heterocycles. The molecule has 4 nitrogen and oxygen atoms in total. The Balaban J connectivity index is 2.18. The molecule has 0 amide bonds. The highest BCUT2D eigenvalue weighted by Crippen LogP contribution is 2.22. The highest BCUT2D eigenvalue weighted by Gasteiger charge is 2.16. The quantitative estimate of drug-likeness (QED) is 0.750. The van der Waals surface area contributed by atoms with Crippen molar-refractivity contribution in [1.29, 1.82) is 0 Å². The predicted octanol–water partition coefficient (Wildman–Crippen LogP) is 0.732. The third kappa shape index (κ3) is 1.80. The van der Waals surface area contributed by atoms with E-state index in [0.717, 1.165) is 37.7 Å².